The average molecular weight is 469 g/mol. The molecule has 2 aromatic carbocycles. The highest BCUT2D eigenvalue weighted by Gasteiger charge is 2.41. The number of imide groups is 1. The van der Waals surface area contributed by atoms with Crippen LogP contribution in [0.4, 0.5) is 10.1 Å². The zero-order valence-corrected chi connectivity index (χ0v) is 19.0. The molecule has 0 saturated heterocycles. The average Bonchev–Trinajstić information content (AvgIpc) is 3.47. The number of aliphatic imine (C=N–C) groups is 1. The number of benzene rings is 2. The van der Waals surface area contributed by atoms with E-state index in [1.807, 2.05) is 36.9 Å². The minimum Gasteiger partial charge on any atom is -0.464 e. The molecule has 3 aliphatic heterocycles. The molecule has 35 heavy (non-hydrogen) atoms. The number of para-hydroxylation sites is 1. The molecule has 174 valence electrons. The van der Waals surface area contributed by atoms with E-state index in [2.05, 4.69) is 10.3 Å². The SMILES string of the molecule is CC(C)C(=O)C1Cc2cccc3c2N1C=CN=C3C1=C(c2cc(F)cc3ccoc23)C(=O)NC1=O. The molecule has 1 unspecified atom stereocenters. The van der Waals surface area contributed by atoms with Crippen molar-refractivity contribution in [2.75, 3.05) is 4.90 Å². The second kappa shape index (κ2) is 7.59. The van der Waals surface area contributed by atoms with Crippen LogP contribution in [0.1, 0.15) is 30.5 Å². The fourth-order valence-electron chi connectivity index (χ4n) is 5.13. The Hall–Kier alpha value is -4.33. The third-order valence-electron chi connectivity index (χ3n) is 6.66. The number of hydrogen-bond donors (Lipinski definition) is 1. The van der Waals surface area contributed by atoms with Crippen LogP contribution in [0.25, 0.3) is 16.5 Å². The van der Waals surface area contributed by atoms with E-state index in [0.717, 1.165) is 11.3 Å². The number of Topliss-reactive ketones (excluding diaryl/α,β-unsaturated/α-hetero) is 1. The van der Waals surface area contributed by atoms with Gasteiger partial charge in [-0.2, -0.15) is 0 Å². The van der Waals surface area contributed by atoms with Gasteiger partial charge < -0.3 is 9.32 Å². The van der Waals surface area contributed by atoms with Crippen molar-refractivity contribution in [2.45, 2.75) is 26.3 Å². The molecular formula is C27H20FN3O4. The Labute approximate surface area is 199 Å². The molecule has 6 rings (SSSR count). The molecule has 0 bridgehead atoms. The normalized spacial score (nSPS) is 18.9. The first-order valence-electron chi connectivity index (χ1n) is 11.3. The number of amides is 2. The highest BCUT2D eigenvalue weighted by molar-refractivity contribution is 6.48. The number of ketones is 1. The van der Waals surface area contributed by atoms with Crippen LogP contribution in [0, 0.1) is 11.7 Å². The maximum Gasteiger partial charge on any atom is 0.261 e. The van der Waals surface area contributed by atoms with Crippen molar-refractivity contribution < 1.29 is 23.2 Å². The predicted octanol–water partition coefficient (Wildman–Crippen LogP) is 3.91. The minimum atomic E-state index is -0.651. The lowest BCUT2D eigenvalue weighted by atomic mass is 9.92. The van der Waals surface area contributed by atoms with Gasteiger partial charge >= 0.3 is 0 Å². The third kappa shape index (κ3) is 3.10. The van der Waals surface area contributed by atoms with Gasteiger partial charge in [0, 0.05) is 41.3 Å². The summed E-state index contributed by atoms with van der Waals surface area (Å²) in [5, 5.41) is 2.81. The summed E-state index contributed by atoms with van der Waals surface area (Å²) < 4.78 is 20.0. The highest BCUT2D eigenvalue weighted by Crippen LogP contribution is 2.41. The molecule has 4 heterocycles. The second-order valence-corrected chi connectivity index (χ2v) is 9.10. The van der Waals surface area contributed by atoms with Crippen LogP contribution in [-0.2, 0) is 20.8 Å². The van der Waals surface area contributed by atoms with Gasteiger partial charge in [0.2, 0.25) is 0 Å². The molecule has 0 saturated carbocycles. The molecule has 8 heteroatoms. The van der Waals surface area contributed by atoms with Gasteiger partial charge in [-0.1, -0.05) is 32.0 Å². The molecule has 3 aliphatic rings. The van der Waals surface area contributed by atoms with Crippen LogP contribution >= 0.6 is 0 Å². The first-order chi connectivity index (χ1) is 16.8. The van der Waals surface area contributed by atoms with Gasteiger partial charge in [0.25, 0.3) is 11.8 Å². The van der Waals surface area contributed by atoms with Crippen molar-refractivity contribution in [1.82, 2.24) is 5.32 Å². The van der Waals surface area contributed by atoms with Crippen molar-refractivity contribution in [3.8, 4) is 0 Å². The summed E-state index contributed by atoms with van der Waals surface area (Å²) in [7, 11) is 0. The molecule has 0 radical (unpaired) electrons. The Morgan fingerprint density at radius 3 is 2.74 bits per heavy atom. The van der Waals surface area contributed by atoms with Gasteiger partial charge in [0.15, 0.2) is 5.78 Å². The number of rotatable bonds is 4. The molecule has 1 aromatic heterocycles. The summed E-state index contributed by atoms with van der Waals surface area (Å²) in [6, 6.07) is 9.31. The van der Waals surface area contributed by atoms with Crippen LogP contribution in [0.3, 0.4) is 0 Å². The monoisotopic (exact) mass is 469 g/mol. The molecule has 0 spiro atoms. The predicted molar refractivity (Wildman–Crippen MR) is 128 cm³/mol. The topological polar surface area (TPSA) is 92.0 Å². The Balaban J connectivity index is 1.58. The summed E-state index contributed by atoms with van der Waals surface area (Å²) in [5.41, 5.74) is 3.15. The van der Waals surface area contributed by atoms with Crippen molar-refractivity contribution >= 4 is 45.5 Å². The van der Waals surface area contributed by atoms with E-state index < -0.39 is 17.6 Å². The number of nitrogens with one attached hydrogen (secondary N) is 1. The van der Waals surface area contributed by atoms with Crippen molar-refractivity contribution in [3.63, 3.8) is 0 Å². The van der Waals surface area contributed by atoms with Crippen LogP contribution in [0.15, 0.2) is 70.0 Å². The molecule has 0 aliphatic carbocycles. The molecule has 3 aromatic rings. The summed E-state index contributed by atoms with van der Waals surface area (Å²) in [6.07, 6.45) is 5.20. The molecular weight excluding hydrogens is 449 g/mol. The maximum absolute atomic E-state index is 14.5. The molecule has 2 amide bonds. The van der Waals surface area contributed by atoms with Gasteiger partial charge in [-0.15, -0.1) is 0 Å². The van der Waals surface area contributed by atoms with Gasteiger partial charge in [-0.05, 0) is 23.8 Å². The molecule has 1 atom stereocenters. The van der Waals surface area contributed by atoms with Crippen LogP contribution in [-0.4, -0.2) is 29.4 Å². The number of anilines is 1. The van der Waals surface area contributed by atoms with Gasteiger partial charge in [-0.25, -0.2) is 4.39 Å². The molecule has 1 N–H and O–H groups in total. The summed E-state index contributed by atoms with van der Waals surface area (Å²) in [4.78, 5) is 45.5. The first-order valence-corrected chi connectivity index (χ1v) is 11.3. The lowest BCUT2D eigenvalue weighted by Crippen LogP contribution is -2.37. The maximum atomic E-state index is 14.5. The second-order valence-electron chi connectivity index (χ2n) is 9.10. The van der Waals surface area contributed by atoms with E-state index in [1.54, 1.807) is 12.3 Å². The zero-order chi connectivity index (χ0) is 24.4. The van der Waals surface area contributed by atoms with Crippen LogP contribution in [0.2, 0.25) is 0 Å². The van der Waals surface area contributed by atoms with E-state index in [9.17, 15) is 18.8 Å². The fourth-order valence-corrected chi connectivity index (χ4v) is 5.13. The number of nitrogens with zero attached hydrogens (tertiary/aromatic N) is 2. The third-order valence-corrected chi connectivity index (χ3v) is 6.66. The number of furan rings is 1. The Kier molecular flexibility index (Phi) is 4.60. The van der Waals surface area contributed by atoms with Crippen molar-refractivity contribution in [1.29, 1.82) is 0 Å². The van der Waals surface area contributed by atoms with Gasteiger partial charge in [0.05, 0.1) is 34.9 Å². The summed E-state index contributed by atoms with van der Waals surface area (Å²) in [5.74, 6) is -1.88. The molecule has 0 fully saturated rings. The van der Waals surface area contributed by atoms with E-state index in [0.29, 0.717) is 23.0 Å². The summed E-state index contributed by atoms with van der Waals surface area (Å²) >= 11 is 0. The Morgan fingerprint density at radius 1 is 1.14 bits per heavy atom. The van der Waals surface area contributed by atoms with E-state index in [1.165, 1.54) is 24.6 Å². The number of halogens is 1. The quantitative estimate of drug-likeness (QED) is 0.585. The number of carbonyl (C=O) groups is 3. The van der Waals surface area contributed by atoms with E-state index in [4.69, 9.17) is 4.42 Å². The Morgan fingerprint density at radius 2 is 1.94 bits per heavy atom. The minimum absolute atomic E-state index is 0.000423. The number of hydrogen-bond acceptors (Lipinski definition) is 6. The zero-order valence-electron chi connectivity index (χ0n) is 19.0. The van der Waals surface area contributed by atoms with E-state index >= 15 is 0 Å². The lowest BCUT2D eigenvalue weighted by Gasteiger charge is -2.24. The Bertz CT molecular complexity index is 1560. The van der Waals surface area contributed by atoms with E-state index in [-0.39, 0.29) is 40.2 Å². The standard InChI is InChI=1S/C27H20FN3O4/c1-13(2)24(32)19-11-14-4-3-5-17-22(29-7-8-31(19)23(14)17)21-20(26(33)30-27(21)34)18-12-16(28)10-15-6-9-35-25(15)18/h3-10,12-13,19H,11H2,1-2H3,(H,30,33,34). The van der Waals surface area contributed by atoms with Crippen LogP contribution < -0.4 is 10.2 Å². The number of fused-ring (bicyclic) bond motifs is 1. The smallest absolute Gasteiger partial charge is 0.261 e. The van der Waals surface area contributed by atoms with Crippen molar-refractivity contribution in [2.24, 2.45) is 10.9 Å². The van der Waals surface area contributed by atoms with Gasteiger partial charge in [0.1, 0.15) is 11.4 Å². The first kappa shape index (κ1) is 21.2. The van der Waals surface area contributed by atoms with Crippen LogP contribution in [0.5, 0.6) is 0 Å². The highest BCUT2D eigenvalue weighted by atomic mass is 19.1. The lowest BCUT2D eigenvalue weighted by molar-refractivity contribution is -0.124. The summed E-state index contributed by atoms with van der Waals surface area (Å²) in [6.45, 7) is 3.74. The van der Waals surface area contributed by atoms with Gasteiger partial charge in [-0.3, -0.25) is 24.7 Å². The largest absolute Gasteiger partial charge is 0.464 e. The van der Waals surface area contributed by atoms with Crippen molar-refractivity contribution in [3.05, 3.63) is 83.1 Å². The molecule has 7 nitrogen and oxygen atoms in total. The fraction of sp³-hybridized carbons (Fsp3) is 0.185. The number of carbonyl (C=O) groups excluding carboxylic acids is 3.